The summed E-state index contributed by atoms with van der Waals surface area (Å²) in [5.41, 5.74) is 1.10. The third-order valence-corrected chi connectivity index (χ3v) is 4.63. The lowest BCUT2D eigenvalue weighted by Gasteiger charge is -2.21. The zero-order valence-corrected chi connectivity index (χ0v) is 17.4. The van der Waals surface area contributed by atoms with Crippen LogP contribution in [0.25, 0.3) is 0 Å². The van der Waals surface area contributed by atoms with Crippen molar-refractivity contribution in [3.05, 3.63) is 69.8 Å². The molecule has 38 heavy (non-hydrogen) atoms. The molecule has 0 unspecified atom stereocenters. The molecule has 0 spiro atoms. The van der Waals surface area contributed by atoms with Crippen LogP contribution < -0.4 is 20.9 Å². The van der Waals surface area contributed by atoms with Crippen molar-refractivity contribution in [3.63, 3.8) is 0 Å². The first kappa shape index (κ1) is 28.5. The number of hydrogen-bond acceptors (Lipinski definition) is 4. The van der Waals surface area contributed by atoms with Gasteiger partial charge >= 0.3 is 12.4 Å². The first-order valence-corrected chi connectivity index (χ1v) is 9.19. The molecule has 0 fully saturated rings. The van der Waals surface area contributed by atoms with E-state index in [1.54, 1.807) is 0 Å². The van der Waals surface area contributed by atoms with E-state index in [2.05, 4.69) is 9.47 Å². The lowest BCUT2D eigenvalue weighted by molar-refractivity contribution is -0.144. The monoisotopic (exact) mass is 572 g/mol. The van der Waals surface area contributed by atoms with Gasteiger partial charge in [-0.1, -0.05) is 0 Å². The molecule has 0 aliphatic rings. The van der Waals surface area contributed by atoms with E-state index in [1.165, 1.54) is 0 Å². The minimum absolute atomic E-state index is 0.474. The van der Waals surface area contributed by atoms with Crippen LogP contribution in [0.4, 0.5) is 72.8 Å². The molecule has 4 N–H and O–H groups in total. The second-order valence-corrected chi connectivity index (χ2v) is 7.04. The Morgan fingerprint density at radius 1 is 0.447 bits per heavy atom. The SMILES string of the molecule is Nc1c(F)c(F)c(F)c(Oc2cc(Oc3c(F)c(N)c(F)c(F)c3F)c(C(F)(F)F)cc2C(F)(F)F)c1F. The zero-order chi connectivity index (χ0) is 29.1. The summed E-state index contributed by atoms with van der Waals surface area (Å²) in [5, 5.41) is 0. The Balaban J connectivity index is 2.35. The molecule has 0 saturated carbocycles. The third kappa shape index (κ3) is 4.76. The maximum absolute atomic E-state index is 14.2. The summed E-state index contributed by atoms with van der Waals surface area (Å²) in [5.74, 6) is -28.1. The first-order valence-electron chi connectivity index (χ1n) is 9.19. The van der Waals surface area contributed by atoms with E-state index in [1.807, 2.05) is 0 Å². The Morgan fingerprint density at radius 3 is 1.05 bits per heavy atom. The maximum atomic E-state index is 14.2. The van der Waals surface area contributed by atoms with Crippen LogP contribution >= 0.6 is 0 Å². The molecule has 3 aromatic carbocycles. The number of nitrogen functional groups attached to an aromatic ring is 2. The van der Waals surface area contributed by atoms with E-state index in [4.69, 9.17) is 11.5 Å². The second-order valence-electron chi connectivity index (χ2n) is 7.04. The molecule has 3 rings (SSSR count). The van der Waals surface area contributed by atoms with Crippen molar-refractivity contribution < 1.29 is 70.9 Å². The number of halogens is 14. The molecule has 0 radical (unpaired) electrons. The molecule has 0 bridgehead atoms. The Hall–Kier alpha value is -4.12. The lowest BCUT2D eigenvalue weighted by atomic mass is 10.1. The molecule has 0 amide bonds. The zero-order valence-electron chi connectivity index (χ0n) is 17.4. The fraction of sp³-hybridized carbons (Fsp3) is 0.100. The molecule has 0 heterocycles. The average molecular weight is 572 g/mol. The van der Waals surface area contributed by atoms with Crippen molar-refractivity contribution >= 4 is 11.4 Å². The largest absolute Gasteiger partial charge is 0.450 e. The van der Waals surface area contributed by atoms with Crippen molar-refractivity contribution in [1.29, 1.82) is 0 Å². The van der Waals surface area contributed by atoms with Gasteiger partial charge in [0.05, 0.1) is 11.1 Å². The van der Waals surface area contributed by atoms with E-state index in [-0.39, 0.29) is 0 Å². The minimum Gasteiger partial charge on any atom is -0.450 e. The minimum atomic E-state index is -5.83. The van der Waals surface area contributed by atoms with Gasteiger partial charge in [-0.05, 0) is 6.07 Å². The summed E-state index contributed by atoms with van der Waals surface area (Å²) >= 11 is 0. The van der Waals surface area contributed by atoms with Crippen LogP contribution in [0.5, 0.6) is 23.0 Å². The van der Waals surface area contributed by atoms with Crippen LogP contribution in [-0.2, 0) is 12.4 Å². The molecule has 0 aromatic heterocycles. The van der Waals surface area contributed by atoms with Crippen molar-refractivity contribution in [2.24, 2.45) is 0 Å². The molecule has 0 aliphatic heterocycles. The molecule has 3 aromatic rings. The summed E-state index contributed by atoms with van der Waals surface area (Å²) in [4.78, 5) is 0. The van der Waals surface area contributed by atoms with Crippen LogP contribution in [0.1, 0.15) is 11.1 Å². The van der Waals surface area contributed by atoms with Gasteiger partial charge in [0.1, 0.15) is 22.9 Å². The van der Waals surface area contributed by atoms with Crippen LogP contribution in [0.3, 0.4) is 0 Å². The highest BCUT2D eigenvalue weighted by atomic mass is 19.4. The smallest absolute Gasteiger partial charge is 0.420 e. The Labute approximate surface area is 199 Å². The molecule has 0 atom stereocenters. The highest BCUT2D eigenvalue weighted by molar-refractivity contribution is 5.56. The van der Waals surface area contributed by atoms with Gasteiger partial charge < -0.3 is 20.9 Å². The summed E-state index contributed by atoms with van der Waals surface area (Å²) in [6.07, 6.45) is -11.7. The molecule has 4 nitrogen and oxygen atoms in total. The van der Waals surface area contributed by atoms with E-state index in [0.717, 1.165) is 0 Å². The Kier molecular flexibility index (Phi) is 6.98. The fourth-order valence-corrected chi connectivity index (χ4v) is 2.83. The number of anilines is 2. The normalized spacial score (nSPS) is 12.2. The van der Waals surface area contributed by atoms with Gasteiger partial charge in [0.15, 0.2) is 23.3 Å². The van der Waals surface area contributed by atoms with Gasteiger partial charge in [-0.3, -0.25) is 0 Å². The molecule has 18 heteroatoms. The van der Waals surface area contributed by atoms with E-state index < -0.39 is 117 Å². The van der Waals surface area contributed by atoms with Crippen LogP contribution in [0, 0.1) is 46.5 Å². The summed E-state index contributed by atoms with van der Waals surface area (Å²) in [6, 6.07) is -1.29. The van der Waals surface area contributed by atoms with E-state index in [9.17, 15) is 61.5 Å². The van der Waals surface area contributed by atoms with Gasteiger partial charge in [-0.2, -0.15) is 35.1 Å². The molecule has 206 valence electrons. The molecule has 0 aliphatic carbocycles. The van der Waals surface area contributed by atoms with E-state index >= 15 is 0 Å². The Morgan fingerprint density at radius 2 is 0.763 bits per heavy atom. The molecule has 0 saturated heterocycles. The molecular formula is C20H6F14N2O2. The number of benzene rings is 3. The number of hydrogen-bond donors (Lipinski definition) is 2. The van der Waals surface area contributed by atoms with E-state index in [0.29, 0.717) is 0 Å². The van der Waals surface area contributed by atoms with Crippen molar-refractivity contribution in [1.82, 2.24) is 0 Å². The number of rotatable bonds is 4. The van der Waals surface area contributed by atoms with Crippen LogP contribution in [0.2, 0.25) is 0 Å². The van der Waals surface area contributed by atoms with Gasteiger partial charge in [0, 0.05) is 6.07 Å². The molecular weight excluding hydrogens is 566 g/mol. The van der Waals surface area contributed by atoms with Crippen molar-refractivity contribution in [3.8, 4) is 23.0 Å². The predicted octanol–water partition coefficient (Wildman–Crippen LogP) is 7.59. The topological polar surface area (TPSA) is 70.5 Å². The second kappa shape index (κ2) is 9.32. The summed E-state index contributed by atoms with van der Waals surface area (Å²) in [7, 11) is 0. The fourth-order valence-electron chi connectivity index (χ4n) is 2.83. The first-order chi connectivity index (χ1) is 17.3. The summed E-state index contributed by atoms with van der Waals surface area (Å²) < 4.78 is 200. The Bertz CT molecular complexity index is 1290. The number of ether oxygens (including phenoxy) is 2. The van der Waals surface area contributed by atoms with Crippen LogP contribution in [-0.4, -0.2) is 0 Å². The van der Waals surface area contributed by atoms with Crippen molar-refractivity contribution in [2.75, 3.05) is 11.5 Å². The number of alkyl halides is 6. The standard InChI is InChI=1S/C20H6F14N2O2/c21-7-9(23)15(35)13(27)17(11(7)25)37-5-2-6(4(20(32,33)34)1-3(5)19(29,30)31)38-18-12(26)8(22)10(24)16(36)14(18)28/h1-2H,35-36H2. The van der Waals surface area contributed by atoms with Gasteiger partial charge in [-0.25, -0.2) is 26.3 Å². The quantitative estimate of drug-likeness (QED) is 0.146. The highest BCUT2D eigenvalue weighted by Gasteiger charge is 2.43. The summed E-state index contributed by atoms with van der Waals surface area (Å²) in [6.45, 7) is 0. The maximum Gasteiger partial charge on any atom is 0.420 e. The number of nitrogens with two attached hydrogens (primary N) is 2. The van der Waals surface area contributed by atoms with Gasteiger partial charge in [-0.15, -0.1) is 0 Å². The highest BCUT2D eigenvalue weighted by Crippen LogP contribution is 2.49. The van der Waals surface area contributed by atoms with Crippen LogP contribution in [0.15, 0.2) is 12.1 Å². The van der Waals surface area contributed by atoms with Crippen molar-refractivity contribution in [2.45, 2.75) is 12.4 Å². The average Bonchev–Trinajstić information content (AvgIpc) is 2.82. The lowest BCUT2D eigenvalue weighted by Crippen LogP contribution is -2.15. The van der Waals surface area contributed by atoms with Gasteiger partial charge in [0.2, 0.25) is 34.8 Å². The predicted molar refractivity (Wildman–Crippen MR) is 98.0 cm³/mol. The van der Waals surface area contributed by atoms with Gasteiger partial charge in [0.25, 0.3) is 0 Å². The third-order valence-electron chi connectivity index (χ3n) is 4.63.